The van der Waals surface area contributed by atoms with E-state index >= 15 is 0 Å². The molecule has 0 bridgehead atoms. The highest BCUT2D eigenvalue weighted by Gasteiger charge is 2.49. The maximum atomic E-state index is 14.9. The van der Waals surface area contributed by atoms with E-state index in [9.17, 15) is 39.5 Å². The molecule has 0 aliphatic carbocycles. The SMILES string of the molecule is CCCCCCCCc1ccc(-c2ccc(C(F)(F)OC3COC(C(F)(F)Oc4cc(F)c(F)c(F)c4)OC3)c(F)c2)c(F)c1. The number of rotatable bonds is 14. The Labute approximate surface area is 254 Å². The molecule has 0 unspecified atom stereocenters. The Hall–Kier alpha value is -3.29. The third kappa shape index (κ3) is 8.92. The van der Waals surface area contributed by atoms with Crippen molar-refractivity contribution in [3.05, 3.63) is 88.7 Å². The first-order chi connectivity index (χ1) is 21.3. The van der Waals surface area contributed by atoms with Crippen molar-refractivity contribution in [3.8, 4) is 16.9 Å². The van der Waals surface area contributed by atoms with Gasteiger partial charge in [-0.15, -0.1) is 0 Å². The predicted molar refractivity (Wildman–Crippen MR) is 145 cm³/mol. The highest BCUT2D eigenvalue weighted by atomic mass is 19.3. The Morgan fingerprint density at radius 3 is 2.00 bits per heavy atom. The Morgan fingerprint density at radius 2 is 1.38 bits per heavy atom. The van der Waals surface area contributed by atoms with Gasteiger partial charge in [-0.1, -0.05) is 57.2 Å². The fraction of sp³-hybridized carbons (Fsp3) is 0.438. The molecule has 0 N–H and O–H groups in total. The van der Waals surface area contributed by atoms with Gasteiger partial charge in [0, 0.05) is 17.7 Å². The van der Waals surface area contributed by atoms with Gasteiger partial charge in [-0.2, -0.15) is 17.6 Å². The van der Waals surface area contributed by atoms with Crippen LogP contribution in [0.1, 0.15) is 56.6 Å². The summed E-state index contributed by atoms with van der Waals surface area (Å²) in [6.45, 7) is 0.355. The van der Waals surface area contributed by atoms with E-state index in [1.165, 1.54) is 18.6 Å². The van der Waals surface area contributed by atoms with Gasteiger partial charge < -0.3 is 18.9 Å². The lowest BCUT2D eigenvalue weighted by atomic mass is 9.99. The fourth-order valence-electron chi connectivity index (χ4n) is 4.79. The summed E-state index contributed by atoms with van der Waals surface area (Å²) in [5, 5.41) is 0. The van der Waals surface area contributed by atoms with Gasteiger partial charge >= 0.3 is 12.2 Å². The first-order valence-corrected chi connectivity index (χ1v) is 14.4. The zero-order valence-corrected chi connectivity index (χ0v) is 24.2. The number of hydrogen-bond donors (Lipinski definition) is 0. The molecule has 0 spiro atoms. The molecule has 3 aromatic carbocycles. The monoisotopic (exact) mass is 650 g/mol. The van der Waals surface area contributed by atoms with Crippen molar-refractivity contribution in [1.82, 2.24) is 0 Å². The minimum Gasteiger partial charge on any atom is -0.429 e. The number of alkyl halides is 4. The molecule has 1 heterocycles. The molecule has 13 heteroatoms. The molecule has 0 aromatic heterocycles. The van der Waals surface area contributed by atoms with Crippen molar-refractivity contribution in [2.24, 2.45) is 0 Å². The number of hydrogen-bond acceptors (Lipinski definition) is 4. The van der Waals surface area contributed by atoms with E-state index in [0.717, 1.165) is 55.9 Å². The Bertz CT molecular complexity index is 1420. The molecule has 1 saturated heterocycles. The van der Waals surface area contributed by atoms with Crippen LogP contribution in [0.4, 0.5) is 39.5 Å². The molecule has 1 aliphatic rings. The summed E-state index contributed by atoms with van der Waals surface area (Å²) in [6.07, 6.45) is -5.64. The fourth-order valence-corrected chi connectivity index (χ4v) is 4.79. The molecule has 0 atom stereocenters. The van der Waals surface area contributed by atoms with Crippen LogP contribution >= 0.6 is 0 Å². The average molecular weight is 651 g/mol. The summed E-state index contributed by atoms with van der Waals surface area (Å²) < 4.78 is 146. The second-order valence-electron chi connectivity index (χ2n) is 10.6. The summed E-state index contributed by atoms with van der Waals surface area (Å²) in [5.41, 5.74) is -0.384. The van der Waals surface area contributed by atoms with Crippen molar-refractivity contribution < 1.29 is 58.5 Å². The molecule has 1 aliphatic heterocycles. The van der Waals surface area contributed by atoms with Crippen LogP contribution in [-0.2, 0) is 26.7 Å². The Morgan fingerprint density at radius 1 is 0.733 bits per heavy atom. The largest absolute Gasteiger partial charge is 0.451 e. The summed E-state index contributed by atoms with van der Waals surface area (Å²) in [6, 6.07) is 7.41. The molecule has 4 nitrogen and oxygen atoms in total. The molecular weight excluding hydrogens is 619 g/mol. The number of unbranched alkanes of at least 4 members (excludes halogenated alkanes) is 5. The smallest absolute Gasteiger partial charge is 0.429 e. The first kappa shape index (κ1) is 34.6. The maximum absolute atomic E-state index is 14.9. The molecule has 45 heavy (non-hydrogen) atoms. The van der Waals surface area contributed by atoms with E-state index in [0.29, 0.717) is 6.42 Å². The lowest BCUT2D eigenvalue weighted by Crippen LogP contribution is -2.50. The minimum absolute atomic E-state index is 0.0192. The first-order valence-electron chi connectivity index (χ1n) is 14.4. The molecule has 246 valence electrons. The molecule has 3 aromatic rings. The van der Waals surface area contributed by atoms with Crippen LogP contribution in [0.2, 0.25) is 0 Å². The van der Waals surface area contributed by atoms with Gasteiger partial charge in [-0.05, 0) is 42.2 Å². The number of ether oxygens (including phenoxy) is 4. The topological polar surface area (TPSA) is 36.9 Å². The highest BCUT2D eigenvalue weighted by molar-refractivity contribution is 5.65. The summed E-state index contributed by atoms with van der Waals surface area (Å²) in [4.78, 5) is 0. The van der Waals surface area contributed by atoms with Gasteiger partial charge in [-0.3, -0.25) is 0 Å². The average Bonchev–Trinajstić information content (AvgIpc) is 2.97. The van der Waals surface area contributed by atoms with E-state index in [2.05, 4.69) is 16.4 Å². The number of halogens is 9. The molecule has 0 amide bonds. The minimum atomic E-state index is -4.38. The van der Waals surface area contributed by atoms with E-state index in [1.54, 1.807) is 6.07 Å². The van der Waals surface area contributed by atoms with Crippen LogP contribution in [-0.4, -0.2) is 31.7 Å². The standard InChI is InChI=1S/C32H31F9O4/c1-2-3-4-5-6-7-8-19-9-11-23(25(33)13-19)20-10-12-24(26(34)14-20)31(38,39)45-22-17-42-30(43-18-22)32(40,41)44-21-15-27(35)29(37)28(36)16-21/h9-16,22,30H,2-8,17-18H2,1H3. The summed E-state index contributed by atoms with van der Waals surface area (Å²) in [5.74, 6) is -8.59. The zero-order valence-electron chi connectivity index (χ0n) is 24.2. The second-order valence-corrected chi connectivity index (χ2v) is 10.6. The Kier molecular flexibility index (Phi) is 11.4. The third-order valence-electron chi connectivity index (χ3n) is 7.11. The van der Waals surface area contributed by atoms with Crippen LogP contribution in [0.3, 0.4) is 0 Å². The van der Waals surface area contributed by atoms with Crippen molar-refractivity contribution >= 4 is 0 Å². The molecule has 0 saturated carbocycles. The number of aryl methyl sites for hydroxylation is 1. The van der Waals surface area contributed by atoms with Crippen molar-refractivity contribution in [1.29, 1.82) is 0 Å². The van der Waals surface area contributed by atoms with Gasteiger partial charge in [0.1, 0.15) is 23.5 Å². The van der Waals surface area contributed by atoms with Crippen molar-refractivity contribution in [2.45, 2.75) is 76.5 Å². The number of benzene rings is 3. The second kappa shape index (κ2) is 14.9. The van der Waals surface area contributed by atoms with Crippen LogP contribution in [0, 0.1) is 29.1 Å². The Balaban J connectivity index is 1.33. The lowest BCUT2D eigenvalue weighted by molar-refractivity contribution is -0.377. The van der Waals surface area contributed by atoms with Crippen LogP contribution in [0.25, 0.3) is 11.1 Å². The van der Waals surface area contributed by atoms with Crippen molar-refractivity contribution in [2.75, 3.05) is 13.2 Å². The highest BCUT2D eigenvalue weighted by Crippen LogP contribution is 2.37. The van der Waals surface area contributed by atoms with E-state index in [-0.39, 0.29) is 23.3 Å². The molecular formula is C32H31F9O4. The van der Waals surface area contributed by atoms with E-state index in [1.807, 2.05) is 0 Å². The molecule has 1 fully saturated rings. The van der Waals surface area contributed by atoms with E-state index < -0.39 is 78.2 Å². The van der Waals surface area contributed by atoms with Crippen LogP contribution in [0.5, 0.6) is 5.75 Å². The quantitative estimate of drug-likeness (QED) is 0.0990. The van der Waals surface area contributed by atoms with Gasteiger partial charge in [0.15, 0.2) is 17.5 Å². The third-order valence-corrected chi connectivity index (χ3v) is 7.11. The van der Waals surface area contributed by atoms with Gasteiger partial charge in [0.25, 0.3) is 6.29 Å². The van der Waals surface area contributed by atoms with Crippen molar-refractivity contribution in [3.63, 3.8) is 0 Å². The van der Waals surface area contributed by atoms with Gasteiger partial charge in [-0.25, -0.2) is 22.0 Å². The normalized spacial score (nSPS) is 17.5. The summed E-state index contributed by atoms with van der Waals surface area (Å²) in [7, 11) is 0. The summed E-state index contributed by atoms with van der Waals surface area (Å²) >= 11 is 0. The van der Waals surface area contributed by atoms with E-state index in [4.69, 9.17) is 9.47 Å². The zero-order chi connectivity index (χ0) is 32.8. The predicted octanol–water partition coefficient (Wildman–Crippen LogP) is 9.43. The molecule has 4 rings (SSSR count). The van der Waals surface area contributed by atoms with Crippen LogP contribution < -0.4 is 4.74 Å². The molecule has 0 radical (unpaired) electrons. The van der Waals surface area contributed by atoms with Gasteiger partial charge in [0.2, 0.25) is 0 Å². The van der Waals surface area contributed by atoms with Gasteiger partial charge in [0.05, 0.1) is 18.8 Å². The lowest BCUT2D eigenvalue weighted by Gasteiger charge is -2.34. The maximum Gasteiger partial charge on any atom is 0.451 e. The van der Waals surface area contributed by atoms with Crippen LogP contribution in [0.15, 0.2) is 48.5 Å².